The van der Waals surface area contributed by atoms with E-state index in [1.165, 1.54) is 28.5 Å². The van der Waals surface area contributed by atoms with Crippen LogP contribution in [0.4, 0.5) is 4.39 Å². The predicted octanol–water partition coefficient (Wildman–Crippen LogP) is 4.28. The SMILES string of the molecule is COc1ccccc1-n1c(SCC(=O)N(C)Cc2ccc(F)cc2)nc2ccccc2c1=O. The first-order chi connectivity index (χ1) is 16.0. The van der Waals surface area contributed by atoms with Crippen LogP contribution in [-0.2, 0) is 11.3 Å². The highest BCUT2D eigenvalue weighted by Gasteiger charge is 2.18. The molecule has 0 saturated carbocycles. The Morgan fingerprint density at radius 1 is 1.06 bits per heavy atom. The van der Waals surface area contributed by atoms with E-state index >= 15 is 0 Å². The summed E-state index contributed by atoms with van der Waals surface area (Å²) in [6.07, 6.45) is 0. The van der Waals surface area contributed by atoms with Crippen LogP contribution in [0.3, 0.4) is 0 Å². The number of halogens is 1. The second kappa shape index (κ2) is 9.87. The van der Waals surface area contributed by atoms with Crippen LogP contribution in [-0.4, -0.2) is 40.3 Å². The molecule has 1 amide bonds. The van der Waals surface area contributed by atoms with E-state index in [2.05, 4.69) is 4.98 Å². The smallest absolute Gasteiger partial charge is 0.266 e. The number of carbonyl (C=O) groups excluding carboxylic acids is 1. The van der Waals surface area contributed by atoms with Crippen molar-refractivity contribution < 1.29 is 13.9 Å². The molecule has 3 aromatic carbocycles. The molecule has 0 aliphatic heterocycles. The molecule has 0 saturated heterocycles. The summed E-state index contributed by atoms with van der Waals surface area (Å²) in [7, 11) is 3.23. The van der Waals surface area contributed by atoms with Crippen molar-refractivity contribution in [1.29, 1.82) is 0 Å². The third kappa shape index (κ3) is 4.90. The topological polar surface area (TPSA) is 64.4 Å². The van der Waals surface area contributed by atoms with E-state index in [1.54, 1.807) is 61.5 Å². The number of methoxy groups -OCH3 is 1. The molecule has 0 atom stereocenters. The minimum absolute atomic E-state index is 0.0810. The lowest BCUT2D eigenvalue weighted by Crippen LogP contribution is -2.28. The first-order valence-corrected chi connectivity index (χ1v) is 11.2. The maximum Gasteiger partial charge on any atom is 0.266 e. The maximum absolute atomic E-state index is 13.4. The molecule has 6 nitrogen and oxygen atoms in total. The van der Waals surface area contributed by atoms with Crippen molar-refractivity contribution in [1.82, 2.24) is 14.5 Å². The molecular weight excluding hydrogens is 441 g/mol. The minimum Gasteiger partial charge on any atom is -0.495 e. The number of fused-ring (bicyclic) bond motifs is 1. The quantitative estimate of drug-likeness (QED) is 0.302. The lowest BCUT2D eigenvalue weighted by molar-refractivity contribution is -0.127. The first-order valence-electron chi connectivity index (χ1n) is 10.2. The van der Waals surface area contributed by atoms with Gasteiger partial charge in [-0.15, -0.1) is 0 Å². The Morgan fingerprint density at radius 3 is 2.52 bits per heavy atom. The fourth-order valence-electron chi connectivity index (χ4n) is 3.42. The van der Waals surface area contributed by atoms with Gasteiger partial charge in [-0.25, -0.2) is 9.37 Å². The highest BCUT2D eigenvalue weighted by atomic mass is 32.2. The minimum atomic E-state index is -0.319. The zero-order valence-electron chi connectivity index (χ0n) is 18.2. The molecule has 168 valence electrons. The molecule has 0 fully saturated rings. The van der Waals surface area contributed by atoms with Crippen LogP contribution < -0.4 is 10.3 Å². The van der Waals surface area contributed by atoms with Crippen molar-refractivity contribution in [2.75, 3.05) is 19.9 Å². The van der Waals surface area contributed by atoms with E-state index < -0.39 is 0 Å². The van der Waals surface area contributed by atoms with Crippen LogP contribution in [0, 0.1) is 5.82 Å². The van der Waals surface area contributed by atoms with Gasteiger partial charge in [0.15, 0.2) is 5.16 Å². The van der Waals surface area contributed by atoms with Crippen molar-refractivity contribution in [3.8, 4) is 11.4 Å². The number of thioether (sulfide) groups is 1. The van der Waals surface area contributed by atoms with E-state index in [4.69, 9.17) is 4.74 Å². The Balaban J connectivity index is 1.64. The standard InChI is InChI=1S/C25H22FN3O3S/c1-28(15-17-11-13-18(26)14-12-17)23(30)16-33-25-27-20-8-4-3-7-19(20)24(31)29(25)21-9-5-6-10-22(21)32-2/h3-14H,15-16H2,1-2H3. The van der Waals surface area contributed by atoms with Gasteiger partial charge in [-0.3, -0.25) is 14.2 Å². The van der Waals surface area contributed by atoms with E-state index in [-0.39, 0.29) is 23.0 Å². The Hall–Kier alpha value is -3.65. The van der Waals surface area contributed by atoms with Gasteiger partial charge in [0.1, 0.15) is 11.6 Å². The molecule has 0 bridgehead atoms. The summed E-state index contributed by atoms with van der Waals surface area (Å²) in [6, 6.07) is 20.3. The van der Waals surface area contributed by atoms with Crippen LogP contribution in [0.5, 0.6) is 5.75 Å². The van der Waals surface area contributed by atoms with Crippen molar-refractivity contribution in [2.24, 2.45) is 0 Å². The summed E-state index contributed by atoms with van der Waals surface area (Å²) in [5.74, 6) is 0.147. The Morgan fingerprint density at radius 2 is 1.76 bits per heavy atom. The molecule has 33 heavy (non-hydrogen) atoms. The van der Waals surface area contributed by atoms with Gasteiger partial charge >= 0.3 is 0 Å². The Labute approximate surface area is 194 Å². The Bertz CT molecular complexity index is 1360. The first kappa shape index (κ1) is 22.5. The van der Waals surface area contributed by atoms with Gasteiger partial charge < -0.3 is 9.64 Å². The van der Waals surface area contributed by atoms with E-state index in [0.717, 1.165) is 5.56 Å². The normalized spacial score (nSPS) is 10.9. The molecule has 0 N–H and O–H groups in total. The molecule has 0 unspecified atom stereocenters. The lowest BCUT2D eigenvalue weighted by Gasteiger charge is -2.18. The largest absolute Gasteiger partial charge is 0.495 e. The molecule has 1 aromatic heterocycles. The lowest BCUT2D eigenvalue weighted by atomic mass is 10.2. The zero-order valence-corrected chi connectivity index (χ0v) is 19.0. The monoisotopic (exact) mass is 463 g/mol. The number of aromatic nitrogens is 2. The summed E-state index contributed by atoms with van der Waals surface area (Å²) in [5, 5.41) is 0.874. The third-order valence-electron chi connectivity index (χ3n) is 5.15. The van der Waals surface area contributed by atoms with E-state index in [0.29, 0.717) is 34.0 Å². The Kier molecular flexibility index (Phi) is 6.74. The number of amides is 1. The molecule has 1 heterocycles. The van der Waals surface area contributed by atoms with Crippen molar-refractivity contribution in [2.45, 2.75) is 11.7 Å². The van der Waals surface area contributed by atoms with Crippen LogP contribution in [0.15, 0.2) is 82.7 Å². The number of rotatable bonds is 7. The van der Waals surface area contributed by atoms with E-state index in [1.807, 2.05) is 18.2 Å². The molecule has 4 rings (SSSR count). The molecule has 4 aromatic rings. The average Bonchev–Trinajstić information content (AvgIpc) is 2.84. The molecule has 0 aliphatic carbocycles. The predicted molar refractivity (Wildman–Crippen MR) is 127 cm³/mol. The summed E-state index contributed by atoms with van der Waals surface area (Å²) < 4.78 is 20.1. The number of hydrogen-bond donors (Lipinski definition) is 0. The number of benzene rings is 3. The van der Waals surface area contributed by atoms with Crippen molar-refractivity contribution >= 4 is 28.6 Å². The highest BCUT2D eigenvalue weighted by Crippen LogP contribution is 2.27. The van der Waals surface area contributed by atoms with Gasteiger partial charge in [0.2, 0.25) is 5.91 Å². The fourth-order valence-corrected chi connectivity index (χ4v) is 4.37. The fraction of sp³-hybridized carbons (Fsp3) is 0.160. The number of nitrogens with zero attached hydrogens (tertiary/aromatic N) is 3. The van der Waals surface area contributed by atoms with Crippen LogP contribution in [0.1, 0.15) is 5.56 Å². The summed E-state index contributed by atoms with van der Waals surface area (Å²) in [6.45, 7) is 0.351. The summed E-state index contributed by atoms with van der Waals surface area (Å²) in [5.41, 5.74) is 1.70. The molecule has 0 spiro atoms. The maximum atomic E-state index is 13.4. The molecule has 8 heteroatoms. The number of ether oxygens (including phenoxy) is 1. The van der Waals surface area contributed by atoms with Gasteiger partial charge in [-0.1, -0.05) is 48.2 Å². The number of para-hydroxylation sites is 3. The third-order valence-corrected chi connectivity index (χ3v) is 6.08. The van der Waals surface area contributed by atoms with Gasteiger partial charge in [0.05, 0.1) is 29.5 Å². The van der Waals surface area contributed by atoms with Crippen LogP contribution in [0.25, 0.3) is 16.6 Å². The van der Waals surface area contributed by atoms with Crippen molar-refractivity contribution in [3.05, 3.63) is 94.5 Å². The van der Waals surface area contributed by atoms with Crippen LogP contribution in [0.2, 0.25) is 0 Å². The molecular formula is C25H22FN3O3S. The van der Waals surface area contributed by atoms with Gasteiger partial charge in [-0.05, 0) is 42.0 Å². The van der Waals surface area contributed by atoms with E-state index in [9.17, 15) is 14.0 Å². The second-order valence-corrected chi connectivity index (χ2v) is 8.33. The zero-order chi connectivity index (χ0) is 23.4. The second-order valence-electron chi connectivity index (χ2n) is 7.39. The molecule has 0 aliphatic rings. The van der Waals surface area contributed by atoms with Crippen LogP contribution >= 0.6 is 11.8 Å². The average molecular weight is 464 g/mol. The highest BCUT2D eigenvalue weighted by molar-refractivity contribution is 7.99. The van der Waals surface area contributed by atoms with Gasteiger partial charge in [-0.2, -0.15) is 0 Å². The summed E-state index contributed by atoms with van der Waals surface area (Å²) >= 11 is 1.18. The van der Waals surface area contributed by atoms with Gasteiger partial charge in [0.25, 0.3) is 5.56 Å². The number of hydrogen-bond acceptors (Lipinski definition) is 5. The van der Waals surface area contributed by atoms with Gasteiger partial charge in [0, 0.05) is 13.6 Å². The van der Waals surface area contributed by atoms with Crippen molar-refractivity contribution in [3.63, 3.8) is 0 Å². The molecule has 0 radical (unpaired) electrons. The number of carbonyl (C=O) groups is 1. The summed E-state index contributed by atoms with van der Waals surface area (Å²) in [4.78, 5) is 32.4.